The van der Waals surface area contributed by atoms with Crippen molar-refractivity contribution in [1.29, 1.82) is 0 Å². The van der Waals surface area contributed by atoms with Crippen LogP contribution in [0.5, 0.6) is 0 Å². The molecule has 0 aromatic heterocycles. The fourth-order valence-electron chi connectivity index (χ4n) is 4.66. The molecule has 0 bridgehead atoms. The van der Waals surface area contributed by atoms with E-state index >= 15 is 0 Å². The quantitative estimate of drug-likeness (QED) is 0.604. The Labute approximate surface area is 206 Å². The second-order valence-corrected chi connectivity index (χ2v) is 11.1. The molecule has 1 atom stereocenters. The Hall–Kier alpha value is -3.20. The topological polar surface area (TPSA) is 104 Å². The highest BCUT2D eigenvalue weighted by Crippen LogP contribution is 2.30. The molecule has 2 aromatic rings. The molecule has 0 radical (unpaired) electrons. The monoisotopic (exact) mass is 497 g/mol. The van der Waals surface area contributed by atoms with Gasteiger partial charge in [-0.05, 0) is 44.4 Å². The molecule has 1 saturated carbocycles. The van der Waals surface area contributed by atoms with Gasteiger partial charge >= 0.3 is 0 Å². The van der Waals surface area contributed by atoms with Crippen molar-refractivity contribution in [1.82, 2.24) is 14.5 Å². The molecule has 35 heavy (non-hydrogen) atoms. The number of sulfonamides is 1. The second kappa shape index (κ2) is 10.2. The van der Waals surface area contributed by atoms with Crippen LogP contribution in [0.15, 0.2) is 53.4 Å². The molecule has 1 fully saturated rings. The van der Waals surface area contributed by atoms with Crippen molar-refractivity contribution in [3.05, 3.63) is 65.2 Å². The Morgan fingerprint density at radius 1 is 1.09 bits per heavy atom. The van der Waals surface area contributed by atoms with Crippen molar-refractivity contribution in [3.63, 3.8) is 0 Å². The third-order valence-corrected chi connectivity index (χ3v) is 8.62. The van der Waals surface area contributed by atoms with E-state index in [9.17, 15) is 22.8 Å². The summed E-state index contributed by atoms with van der Waals surface area (Å²) in [7, 11) is -4.00. The number of benzene rings is 2. The molecular formula is C26H31N3O5S. The number of rotatable bonds is 8. The molecule has 2 aromatic carbocycles. The van der Waals surface area contributed by atoms with E-state index in [2.05, 4.69) is 5.32 Å². The first-order chi connectivity index (χ1) is 16.7. The van der Waals surface area contributed by atoms with Gasteiger partial charge in [0, 0.05) is 25.6 Å². The van der Waals surface area contributed by atoms with Crippen LogP contribution >= 0.6 is 0 Å². The molecular weight excluding hydrogens is 466 g/mol. The summed E-state index contributed by atoms with van der Waals surface area (Å²) in [6.45, 7) is 3.58. The van der Waals surface area contributed by atoms with Crippen molar-refractivity contribution in [2.24, 2.45) is 0 Å². The fraction of sp³-hybridized carbons (Fsp3) is 0.423. The Balaban J connectivity index is 1.50. The zero-order chi connectivity index (χ0) is 25.2. The van der Waals surface area contributed by atoms with Crippen molar-refractivity contribution in [3.8, 4) is 0 Å². The third kappa shape index (κ3) is 5.24. The van der Waals surface area contributed by atoms with E-state index in [0.717, 1.165) is 41.1 Å². The van der Waals surface area contributed by atoms with Crippen molar-refractivity contribution in [2.45, 2.75) is 69.5 Å². The Morgan fingerprint density at radius 3 is 2.40 bits per heavy atom. The Bertz CT molecular complexity index is 1220. The number of nitrogens with one attached hydrogen (secondary N) is 1. The van der Waals surface area contributed by atoms with Crippen LogP contribution in [0.2, 0.25) is 0 Å². The first-order valence-electron chi connectivity index (χ1n) is 12.0. The highest BCUT2D eigenvalue weighted by atomic mass is 32.2. The molecule has 0 spiro atoms. The molecule has 186 valence electrons. The summed E-state index contributed by atoms with van der Waals surface area (Å²) in [5.41, 5.74) is 2.05. The smallest absolute Gasteiger partial charge is 0.269 e. The van der Waals surface area contributed by atoms with Gasteiger partial charge in [0.05, 0.1) is 5.56 Å². The molecule has 3 amide bonds. The van der Waals surface area contributed by atoms with Crippen molar-refractivity contribution >= 4 is 27.7 Å². The van der Waals surface area contributed by atoms with E-state index in [1.165, 1.54) is 17.0 Å². The summed E-state index contributed by atoms with van der Waals surface area (Å²) in [5, 5.41) is 3.04. The maximum absolute atomic E-state index is 13.4. The number of aryl methyl sites for hydroxylation is 1. The molecule has 0 saturated heterocycles. The van der Waals surface area contributed by atoms with Crippen LogP contribution in [0.4, 0.5) is 0 Å². The van der Waals surface area contributed by atoms with Crippen molar-refractivity contribution in [2.75, 3.05) is 6.54 Å². The lowest BCUT2D eigenvalue weighted by Crippen LogP contribution is -2.50. The van der Waals surface area contributed by atoms with Crippen LogP contribution in [-0.4, -0.2) is 54.0 Å². The van der Waals surface area contributed by atoms with Crippen LogP contribution < -0.4 is 5.32 Å². The first kappa shape index (κ1) is 24.9. The summed E-state index contributed by atoms with van der Waals surface area (Å²) < 4.78 is 26.5. The lowest BCUT2D eigenvalue weighted by Gasteiger charge is -2.30. The van der Waals surface area contributed by atoms with Gasteiger partial charge in [0.1, 0.15) is 10.9 Å². The predicted molar refractivity (Wildman–Crippen MR) is 131 cm³/mol. The maximum atomic E-state index is 13.4. The van der Waals surface area contributed by atoms with Gasteiger partial charge in [-0.2, -0.15) is 0 Å². The van der Waals surface area contributed by atoms with Gasteiger partial charge in [0.2, 0.25) is 11.8 Å². The molecule has 1 aliphatic carbocycles. The minimum Gasteiger partial charge on any atom is -0.352 e. The summed E-state index contributed by atoms with van der Waals surface area (Å²) in [6.07, 6.45) is 3.80. The minimum absolute atomic E-state index is 0.0433. The average Bonchev–Trinajstić information content (AvgIpc) is 3.42. The predicted octanol–water partition coefficient (Wildman–Crippen LogP) is 3.01. The largest absolute Gasteiger partial charge is 0.352 e. The van der Waals surface area contributed by atoms with E-state index in [0.29, 0.717) is 0 Å². The fourth-order valence-corrected chi connectivity index (χ4v) is 6.23. The van der Waals surface area contributed by atoms with Crippen molar-refractivity contribution < 1.29 is 22.8 Å². The number of amides is 3. The van der Waals surface area contributed by atoms with Gasteiger partial charge in [-0.3, -0.25) is 14.4 Å². The standard InChI is InChI=1S/C26H31N3O5S/c1-18-11-13-20(14-12-18)17-28(19(2)25(31)27-21-7-3-4-8-21)24(30)15-16-29-26(32)22-9-5-6-10-23(22)35(29,33)34/h5-6,9-14,19,21H,3-4,7-8,15-17H2,1-2H3,(H,27,31)/t19-/m1/s1. The van der Waals surface area contributed by atoms with Crippen LogP contribution in [-0.2, 0) is 26.2 Å². The summed E-state index contributed by atoms with van der Waals surface area (Å²) >= 11 is 0. The highest BCUT2D eigenvalue weighted by molar-refractivity contribution is 7.90. The molecule has 1 aliphatic heterocycles. The number of carbonyl (C=O) groups is 3. The van der Waals surface area contributed by atoms with Gasteiger partial charge in [0.25, 0.3) is 15.9 Å². The molecule has 9 heteroatoms. The number of fused-ring (bicyclic) bond motifs is 1. The van der Waals surface area contributed by atoms with Crippen LogP contribution in [0.1, 0.15) is 60.5 Å². The lowest BCUT2D eigenvalue weighted by atomic mass is 10.1. The van der Waals surface area contributed by atoms with Crippen LogP contribution in [0, 0.1) is 6.92 Å². The van der Waals surface area contributed by atoms with E-state index in [1.54, 1.807) is 19.1 Å². The zero-order valence-electron chi connectivity index (χ0n) is 20.1. The van der Waals surface area contributed by atoms with Gasteiger partial charge in [-0.25, -0.2) is 12.7 Å². The summed E-state index contributed by atoms with van der Waals surface area (Å²) in [5.74, 6) is -1.25. The summed E-state index contributed by atoms with van der Waals surface area (Å²) in [6, 6.07) is 13.1. The number of hydrogen-bond acceptors (Lipinski definition) is 5. The Morgan fingerprint density at radius 2 is 1.74 bits per heavy atom. The number of hydrogen-bond donors (Lipinski definition) is 1. The van der Waals surface area contributed by atoms with Gasteiger partial charge in [-0.15, -0.1) is 0 Å². The van der Waals surface area contributed by atoms with Gasteiger partial charge in [-0.1, -0.05) is 54.8 Å². The number of nitrogens with zero attached hydrogens (tertiary/aromatic N) is 2. The van der Waals surface area contributed by atoms with Gasteiger partial charge in [0.15, 0.2) is 0 Å². The highest BCUT2D eigenvalue weighted by Gasteiger charge is 2.41. The lowest BCUT2D eigenvalue weighted by molar-refractivity contribution is -0.140. The Kier molecular flexibility index (Phi) is 7.25. The number of carbonyl (C=O) groups excluding carboxylic acids is 3. The first-order valence-corrected chi connectivity index (χ1v) is 13.4. The molecule has 2 aliphatic rings. The summed E-state index contributed by atoms with van der Waals surface area (Å²) in [4.78, 5) is 40.5. The van der Waals surface area contributed by atoms with Crippen LogP contribution in [0.25, 0.3) is 0 Å². The minimum atomic E-state index is -4.00. The van der Waals surface area contributed by atoms with E-state index < -0.39 is 27.9 Å². The molecule has 1 N–H and O–H groups in total. The molecule has 4 rings (SSSR count). The van der Waals surface area contributed by atoms with Crippen LogP contribution in [0.3, 0.4) is 0 Å². The molecule has 1 heterocycles. The average molecular weight is 498 g/mol. The molecule has 0 unspecified atom stereocenters. The normalized spacial score (nSPS) is 17.8. The maximum Gasteiger partial charge on any atom is 0.269 e. The third-order valence-electron chi connectivity index (χ3n) is 6.78. The van der Waals surface area contributed by atoms with E-state index in [1.807, 2.05) is 31.2 Å². The molecule has 8 nitrogen and oxygen atoms in total. The van der Waals surface area contributed by atoms with E-state index in [-0.39, 0.29) is 41.9 Å². The zero-order valence-corrected chi connectivity index (χ0v) is 20.9. The van der Waals surface area contributed by atoms with E-state index in [4.69, 9.17) is 0 Å². The second-order valence-electron chi connectivity index (χ2n) is 9.30. The van der Waals surface area contributed by atoms with Gasteiger partial charge < -0.3 is 10.2 Å². The SMILES string of the molecule is Cc1ccc(CN(C(=O)CCN2C(=O)c3ccccc3S2(=O)=O)[C@H](C)C(=O)NC2CCCC2)cc1.